The number of hydrogen-bond acceptors (Lipinski definition) is 0. The van der Waals surface area contributed by atoms with Gasteiger partial charge in [-0.1, -0.05) is 20.3 Å². The van der Waals surface area contributed by atoms with Crippen molar-refractivity contribution in [3.8, 4) is 0 Å². The zero-order valence-corrected chi connectivity index (χ0v) is 7.88. The normalized spacial score (nSPS) is 13.5. The molecule has 0 aliphatic heterocycles. The summed E-state index contributed by atoms with van der Waals surface area (Å²) < 4.78 is 0. The average molecular weight is 150 g/mol. The van der Waals surface area contributed by atoms with Gasteiger partial charge in [0.1, 0.15) is 8.83 Å². The Labute approximate surface area is 59.1 Å². The Kier molecular flexibility index (Phi) is 3.74. The third-order valence-corrected chi connectivity index (χ3v) is 4.11. The first kappa shape index (κ1) is 8.51. The summed E-state index contributed by atoms with van der Waals surface area (Å²) in [6, 6.07) is 0. The van der Waals surface area contributed by atoms with Crippen LogP contribution in [-0.4, -0.2) is 8.83 Å². The summed E-state index contributed by atoms with van der Waals surface area (Å²) in [6.45, 7) is 8.33. The Morgan fingerprint density at radius 2 is 2.25 bits per heavy atom. The van der Waals surface area contributed by atoms with Crippen LogP contribution in [0.5, 0.6) is 0 Å². The van der Waals surface area contributed by atoms with Gasteiger partial charge in [-0.05, 0) is 18.4 Å². The fourth-order valence-corrected chi connectivity index (χ4v) is 1.56. The van der Waals surface area contributed by atoms with Crippen LogP contribution in [0.1, 0.15) is 26.7 Å². The molecule has 0 aromatic carbocycles. The van der Waals surface area contributed by atoms with Crippen molar-refractivity contribution in [2.24, 2.45) is 0 Å². The summed E-state index contributed by atoms with van der Waals surface area (Å²) in [5.74, 6) is 0. The van der Waals surface area contributed by atoms with Gasteiger partial charge in [0, 0.05) is 0 Å². The van der Waals surface area contributed by atoms with E-state index in [1.54, 1.807) is 0 Å². The molecule has 0 heterocycles. The first-order chi connectivity index (χ1) is 3.62. The summed E-state index contributed by atoms with van der Waals surface area (Å²) in [5, 5.41) is 0.246. The minimum absolute atomic E-state index is 0.246. The number of rotatable bonds is 3. The molecule has 0 saturated carbocycles. The molecule has 0 aliphatic rings. The van der Waals surface area contributed by atoms with Crippen LogP contribution >= 0.6 is 11.1 Å². The van der Waals surface area contributed by atoms with Gasteiger partial charge in [0.25, 0.3) is 0 Å². The second kappa shape index (κ2) is 3.52. The van der Waals surface area contributed by atoms with Gasteiger partial charge in [-0.15, -0.1) is 0 Å². The maximum absolute atomic E-state index is 5.75. The van der Waals surface area contributed by atoms with Gasteiger partial charge >= 0.3 is 0 Å². The van der Waals surface area contributed by atoms with Gasteiger partial charge in [-0.2, -0.15) is 11.1 Å². The molecule has 1 radical (unpaired) electrons. The lowest BCUT2D eigenvalue weighted by Gasteiger charge is -2.18. The van der Waals surface area contributed by atoms with Crippen molar-refractivity contribution in [3.63, 3.8) is 0 Å². The van der Waals surface area contributed by atoms with Crippen molar-refractivity contribution in [1.82, 2.24) is 0 Å². The Bertz CT molecular complexity index is 61.5. The molecule has 8 heavy (non-hydrogen) atoms. The first-order valence-electron chi connectivity index (χ1n) is 3.04. The van der Waals surface area contributed by atoms with E-state index >= 15 is 0 Å². The lowest BCUT2D eigenvalue weighted by molar-refractivity contribution is 0.650. The van der Waals surface area contributed by atoms with E-state index in [2.05, 4.69) is 20.8 Å². The van der Waals surface area contributed by atoms with Crippen LogP contribution in [0.2, 0.25) is 5.04 Å². The van der Waals surface area contributed by atoms with Crippen molar-refractivity contribution in [3.05, 3.63) is 6.92 Å². The monoisotopic (exact) mass is 149 g/mol. The van der Waals surface area contributed by atoms with E-state index in [0.29, 0.717) is 0 Å². The molecular weight excluding hydrogens is 136 g/mol. The fourth-order valence-electron chi connectivity index (χ4n) is 0.670. The molecule has 1 atom stereocenters. The molecule has 0 N–H and O–H groups in total. The third kappa shape index (κ3) is 3.50. The molecule has 49 valence electrons. The standard InChI is InChI=1S/C6H14ClSi/c1-4-5-6(2,3)8-7/h2,4-5,8H2,1,3H3. The van der Waals surface area contributed by atoms with Gasteiger partial charge in [0.05, 0.1) is 0 Å². The number of halogens is 1. The molecule has 0 rings (SSSR count). The molecular formula is C6H14ClSi. The molecule has 0 saturated heterocycles. The van der Waals surface area contributed by atoms with Crippen LogP contribution in [0.4, 0.5) is 0 Å². The maximum atomic E-state index is 5.75. The molecule has 0 nitrogen and oxygen atoms in total. The van der Waals surface area contributed by atoms with Crippen LogP contribution in [-0.2, 0) is 0 Å². The van der Waals surface area contributed by atoms with Crippen molar-refractivity contribution in [2.45, 2.75) is 31.7 Å². The minimum Gasteiger partial charge on any atom is -0.176 e. The Morgan fingerprint density at radius 3 is 2.38 bits per heavy atom. The van der Waals surface area contributed by atoms with Crippen LogP contribution < -0.4 is 0 Å². The zero-order valence-electron chi connectivity index (χ0n) is 5.71. The van der Waals surface area contributed by atoms with E-state index < -0.39 is 8.83 Å². The van der Waals surface area contributed by atoms with Crippen molar-refractivity contribution >= 4 is 19.9 Å². The van der Waals surface area contributed by atoms with Crippen LogP contribution in [0.3, 0.4) is 0 Å². The molecule has 0 aliphatic carbocycles. The summed E-state index contributed by atoms with van der Waals surface area (Å²) in [6.07, 6.45) is 2.39. The highest BCUT2D eigenvalue weighted by atomic mass is 35.6. The smallest absolute Gasteiger partial charge is 0.131 e. The van der Waals surface area contributed by atoms with Crippen LogP contribution in [0.25, 0.3) is 0 Å². The highest BCUT2D eigenvalue weighted by Gasteiger charge is 2.14. The summed E-state index contributed by atoms with van der Waals surface area (Å²) >= 11 is 5.75. The lowest BCUT2D eigenvalue weighted by atomic mass is 10.1. The van der Waals surface area contributed by atoms with Gasteiger partial charge in [0.15, 0.2) is 0 Å². The highest BCUT2D eigenvalue weighted by Crippen LogP contribution is 2.28. The predicted octanol–water partition coefficient (Wildman–Crippen LogP) is 2.12. The molecule has 1 unspecified atom stereocenters. The van der Waals surface area contributed by atoms with E-state index in [9.17, 15) is 0 Å². The SMILES string of the molecule is [CH2]C(C)(CCC)[SiH2]Cl. The topological polar surface area (TPSA) is 0 Å². The molecule has 2 heteroatoms. The minimum atomic E-state index is -0.408. The molecule has 0 bridgehead atoms. The second-order valence-electron chi connectivity index (χ2n) is 2.69. The molecule has 0 fully saturated rings. The molecule has 0 aromatic heterocycles. The van der Waals surface area contributed by atoms with Gasteiger partial charge in [-0.25, -0.2) is 0 Å². The van der Waals surface area contributed by atoms with Crippen molar-refractivity contribution in [1.29, 1.82) is 0 Å². The van der Waals surface area contributed by atoms with E-state index in [0.717, 1.165) is 0 Å². The van der Waals surface area contributed by atoms with E-state index in [1.807, 2.05) is 0 Å². The van der Waals surface area contributed by atoms with E-state index in [4.69, 9.17) is 11.1 Å². The lowest BCUT2D eigenvalue weighted by Crippen LogP contribution is -2.07. The Hall–Kier alpha value is 0.507. The van der Waals surface area contributed by atoms with Gasteiger partial charge in [-0.3, -0.25) is 0 Å². The van der Waals surface area contributed by atoms with Gasteiger partial charge < -0.3 is 0 Å². The Morgan fingerprint density at radius 1 is 1.75 bits per heavy atom. The van der Waals surface area contributed by atoms with E-state index in [-0.39, 0.29) is 5.04 Å². The quantitative estimate of drug-likeness (QED) is 0.426. The Balaban J connectivity index is 3.37. The second-order valence-corrected chi connectivity index (χ2v) is 5.47. The third-order valence-electron chi connectivity index (χ3n) is 1.18. The first-order valence-corrected chi connectivity index (χ1v) is 5.88. The zero-order chi connectivity index (χ0) is 6.62. The fraction of sp³-hybridized carbons (Fsp3) is 0.833. The average Bonchev–Trinajstić information content (AvgIpc) is 1.67. The largest absolute Gasteiger partial charge is 0.176 e. The maximum Gasteiger partial charge on any atom is 0.131 e. The summed E-state index contributed by atoms with van der Waals surface area (Å²) in [5.41, 5.74) is 0. The number of hydrogen-bond donors (Lipinski definition) is 0. The highest BCUT2D eigenvalue weighted by molar-refractivity contribution is 6.95. The molecule has 0 amide bonds. The van der Waals surface area contributed by atoms with Crippen LogP contribution in [0.15, 0.2) is 0 Å². The molecule has 0 spiro atoms. The van der Waals surface area contributed by atoms with Crippen LogP contribution in [0, 0.1) is 6.92 Å². The molecule has 0 aromatic rings. The van der Waals surface area contributed by atoms with Gasteiger partial charge in [0.2, 0.25) is 0 Å². The van der Waals surface area contributed by atoms with Crippen molar-refractivity contribution < 1.29 is 0 Å². The summed E-state index contributed by atoms with van der Waals surface area (Å²) in [4.78, 5) is 0. The summed E-state index contributed by atoms with van der Waals surface area (Å²) in [7, 11) is -0.408. The van der Waals surface area contributed by atoms with Crippen molar-refractivity contribution in [2.75, 3.05) is 0 Å². The predicted molar refractivity (Wildman–Crippen MR) is 43.0 cm³/mol. The van der Waals surface area contributed by atoms with E-state index in [1.165, 1.54) is 12.8 Å².